The summed E-state index contributed by atoms with van der Waals surface area (Å²) in [4.78, 5) is 15.7. The molecule has 0 aliphatic carbocycles. The van der Waals surface area contributed by atoms with Crippen molar-refractivity contribution in [3.05, 3.63) is 59.9 Å². The van der Waals surface area contributed by atoms with E-state index in [2.05, 4.69) is 18.8 Å². The van der Waals surface area contributed by atoms with Gasteiger partial charge < -0.3 is 4.74 Å². The monoisotopic (exact) mass is 241 g/mol. The first-order chi connectivity index (χ1) is 8.66. The summed E-state index contributed by atoms with van der Waals surface area (Å²) in [5, 5.41) is 0. The highest BCUT2D eigenvalue weighted by atomic mass is 16.5. The Bertz CT molecular complexity index is 518. The number of nitrogens with zero attached hydrogens (tertiary/aromatic N) is 1. The summed E-state index contributed by atoms with van der Waals surface area (Å²) in [5.41, 5.74) is 1.75. The lowest BCUT2D eigenvalue weighted by atomic mass is 10.0. The molecule has 1 heterocycles. The van der Waals surface area contributed by atoms with Gasteiger partial charge in [-0.3, -0.25) is 4.98 Å². The zero-order valence-electron chi connectivity index (χ0n) is 10.5. The van der Waals surface area contributed by atoms with Crippen LogP contribution in [0.25, 0.3) is 0 Å². The molecule has 0 aliphatic rings. The number of benzene rings is 1. The number of rotatable bonds is 3. The molecule has 1 aromatic carbocycles. The van der Waals surface area contributed by atoms with Crippen LogP contribution in [0.15, 0.2) is 48.8 Å². The van der Waals surface area contributed by atoms with Crippen molar-refractivity contribution in [3.63, 3.8) is 0 Å². The third-order valence-electron chi connectivity index (χ3n) is 2.66. The van der Waals surface area contributed by atoms with Crippen LogP contribution >= 0.6 is 0 Å². The zero-order valence-corrected chi connectivity index (χ0v) is 10.5. The molecule has 0 saturated heterocycles. The fourth-order valence-corrected chi connectivity index (χ4v) is 1.58. The molecule has 3 nitrogen and oxygen atoms in total. The molecule has 0 saturated carbocycles. The van der Waals surface area contributed by atoms with Gasteiger partial charge in [0.05, 0.1) is 11.8 Å². The van der Waals surface area contributed by atoms with E-state index in [1.54, 1.807) is 30.5 Å². The summed E-state index contributed by atoms with van der Waals surface area (Å²) in [5.74, 6) is 0.544. The molecule has 0 unspecified atom stereocenters. The van der Waals surface area contributed by atoms with Gasteiger partial charge in [-0.2, -0.15) is 0 Å². The maximum atomic E-state index is 11.8. The second-order valence-electron chi connectivity index (χ2n) is 4.35. The Morgan fingerprint density at radius 3 is 2.44 bits per heavy atom. The smallest absolute Gasteiger partial charge is 0.343 e. The summed E-state index contributed by atoms with van der Waals surface area (Å²) in [6, 6.07) is 10.9. The maximum Gasteiger partial charge on any atom is 0.343 e. The highest BCUT2D eigenvalue weighted by Crippen LogP contribution is 2.16. The standard InChI is InChI=1S/C15H15NO2/c1-11(2)12-5-7-13(8-6-12)15(17)18-14-4-3-9-16-10-14/h3-11H,1-2H3. The van der Waals surface area contributed by atoms with Crippen molar-refractivity contribution in [3.8, 4) is 5.75 Å². The Labute approximate surface area is 106 Å². The lowest BCUT2D eigenvalue weighted by Gasteiger charge is -2.07. The van der Waals surface area contributed by atoms with Crippen LogP contribution in [-0.2, 0) is 0 Å². The summed E-state index contributed by atoms with van der Waals surface area (Å²) >= 11 is 0. The average molecular weight is 241 g/mol. The number of hydrogen-bond donors (Lipinski definition) is 0. The van der Waals surface area contributed by atoms with E-state index >= 15 is 0 Å². The molecule has 1 aromatic heterocycles. The number of esters is 1. The molecule has 0 fully saturated rings. The van der Waals surface area contributed by atoms with Crippen LogP contribution in [0.5, 0.6) is 5.75 Å². The number of ether oxygens (including phenoxy) is 1. The van der Waals surface area contributed by atoms with Gasteiger partial charge in [0.1, 0.15) is 5.75 Å². The predicted molar refractivity (Wildman–Crippen MR) is 69.7 cm³/mol. The van der Waals surface area contributed by atoms with Gasteiger partial charge in [0, 0.05) is 6.20 Å². The van der Waals surface area contributed by atoms with E-state index in [9.17, 15) is 4.79 Å². The normalized spacial score (nSPS) is 10.4. The van der Waals surface area contributed by atoms with Gasteiger partial charge in [-0.15, -0.1) is 0 Å². The van der Waals surface area contributed by atoms with E-state index in [0.29, 0.717) is 17.2 Å². The minimum absolute atomic E-state index is 0.363. The number of pyridine rings is 1. The van der Waals surface area contributed by atoms with E-state index < -0.39 is 0 Å². The molecule has 0 amide bonds. The molecule has 18 heavy (non-hydrogen) atoms. The molecule has 92 valence electrons. The summed E-state index contributed by atoms with van der Waals surface area (Å²) in [6.45, 7) is 4.23. The second kappa shape index (κ2) is 5.45. The SMILES string of the molecule is CC(C)c1ccc(C(=O)Oc2cccnc2)cc1. The molecule has 0 aliphatic heterocycles. The van der Waals surface area contributed by atoms with E-state index in [4.69, 9.17) is 4.74 Å². The Hall–Kier alpha value is -2.16. The van der Waals surface area contributed by atoms with Crippen molar-refractivity contribution >= 4 is 5.97 Å². The third kappa shape index (κ3) is 2.94. The van der Waals surface area contributed by atoms with Crippen LogP contribution in [0.4, 0.5) is 0 Å². The van der Waals surface area contributed by atoms with E-state index in [1.807, 2.05) is 12.1 Å². The molecule has 2 rings (SSSR count). The summed E-state index contributed by atoms with van der Waals surface area (Å²) < 4.78 is 5.20. The van der Waals surface area contributed by atoms with Gasteiger partial charge >= 0.3 is 5.97 Å². The van der Waals surface area contributed by atoms with Crippen LogP contribution in [0, 0.1) is 0 Å². The fourth-order valence-electron chi connectivity index (χ4n) is 1.58. The average Bonchev–Trinajstić information content (AvgIpc) is 2.40. The molecule has 0 bridgehead atoms. The molecular formula is C15H15NO2. The summed E-state index contributed by atoms with van der Waals surface area (Å²) in [6.07, 6.45) is 3.15. The number of aromatic nitrogens is 1. The Balaban J connectivity index is 2.10. The first kappa shape index (κ1) is 12.3. The fraction of sp³-hybridized carbons (Fsp3) is 0.200. The molecular weight excluding hydrogens is 226 g/mol. The van der Waals surface area contributed by atoms with E-state index in [1.165, 1.54) is 11.8 Å². The number of carbonyl (C=O) groups excluding carboxylic acids is 1. The van der Waals surface area contributed by atoms with Gasteiger partial charge in [0.25, 0.3) is 0 Å². The van der Waals surface area contributed by atoms with Crippen molar-refractivity contribution in [2.75, 3.05) is 0 Å². The van der Waals surface area contributed by atoms with Gasteiger partial charge in [0.15, 0.2) is 0 Å². The predicted octanol–water partition coefficient (Wildman–Crippen LogP) is 3.42. The minimum Gasteiger partial charge on any atom is -0.421 e. The minimum atomic E-state index is -0.363. The molecule has 2 aromatic rings. The molecule has 0 N–H and O–H groups in total. The molecule has 0 radical (unpaired) electrons. The second-order valence-corrected chi connectivity index (χ2v) is 4.35. The molecule has 3 heteroatoms. The van der Waals surface area contributed by atoms with E-state index in [0.717, 1.165) is 0 Å². The first-order valence-electron chi connectivity index (χ1n) is 5.89. The Morgan fingerprint density at radius 1 is 1.17 bits per heavy atom. The number of hydrogen-bond acceptors (Lipinski definition) is 3. The van der Waals surface area contributed by atoms with Crippen molar-refractivity contribution in [2.24, 2.45) is 0 Å². The van der Waals surface area contributed by atoms with Gasteiger partial charge in [-0.25, -0.2) is 4.79 Å². The summed E-state index contributed by atoms with van der Waals surface area (Å²) in [7, 11) is 0. The lowest BCUT2D eigenvalue weighted by Crippen LogP contribution is -2.08. The topological polar surface area (TPSA) is 39.2 Å². The van der Waals surface area contributed by atoms with Crippen LogP contribution in [0.2, 0.25) is 0 Å². The highest BCUT2D eigenvalue weighted by Gasteiger charge is 2.09. The van der Waals surface area contributed by atoms with Crippen LogP contribution in [0.3, 0.4) is 0 Å². The third-order valence-corrected chi connectivity index (χ3v) is 2.66. The molecule has 0 atom stereocenters. The van der Waals surface area contributed by atoms with Crippen molar-refractivity contribution < 1.29 is 9.53 Å². The van der Waals surface area contributed by atoms with Gasteiger partial charge in [0.2, 0.25) is 0 Å². The Kier molecular flexibility index (Phi) is 3.72. The Morgan fingerprint density at radius 2 is 1.89 bits per heavy atom. The van der Waals surface area contributed by atoms with Crippen molar-refractivity contribution in [2.45, 2.75) is 19.8 Å². The molecule has 0 spiro atoms. The number of carbonyl (C=O) groups is 1. The van der Waals surface area contributed by atoms with Crippen LogP contribution in [0.1, 0.15) is 35.7 Å². The lowest BCUT2D eigenvalue weighted by molar-refractivity contribution is 0.0734. The zero-order chi connectivity index (χ0) is 13.0. The van der Waals surface area contributed by atoms with Crippen LogP contribution in [-0.4, -0.2) is 11.0 Å². The maximum absolute atomic E-state index is 11.8. The van der Waals surface area contributed by atoms with E-state index in [-0.39, 0.29) is 5.97 Å². The quantitative estimate of drug-likeness (QED) is 0.773. The van der Waals surface area contributed by atoms with Crippen molar-refractivity contribution in [1.29, 1.82) is 0 Å². The van der Waals surface area contributed by atoms with Gasteiger partial charge in [-0.1, -0.05) is 26.0 Å². The largest absolute Gasteiger partial charge is 0.421 e. The van der Waals surface area contributed by atoms with Crippen molar-refractivity contribution in [1.82, 2.24) is 4.98 Å². The van der Waals surface area contributed by atoms with Crippen LogP contribution < -0.4 is 4.74 Å². The highest BCUT2D eigenvalue weighted by molar-refractivity contribution is 5.91. The van der Waals surface area contributed by atoms with Gasteiger partial charge in [-0.05, 0) is 35.7 Å². The first-order valence-corrected chi connectivity index (χ1v) is 5.89.